The van der Waals surface area contributed by atoms with Gasteiger partial charge >= 0.3 is 0 Å². The molecule has 0 saturated carbocycles. The van der Waals surface area contributed by atoms with E-state index in [1.165, 1.54) is 60.5 Å². The number of carbonyl (C=O) groups is 2. The van der Waals surface area contributed by atoms with Gasteiger partial charge in [0, 0.05) is 24.5 Å². The highest BCUT2D eigenvalue weighted by atomic mass is 35.5. The lowest BCUT2D eigenvalue weighted by Crippen LogP contribution is -2.53. The van der Waals surface area contributed by atoms with E-state index in [-0.39, 0.29) is 34.3 Å². The van der Waals surface area contributed by atoms with Gasteiger partial charge in [0.2, 0.25) is 11.8 Å². The van der Waals surface area contributed by atoms with E-state index in [0.717, 1.165) is 15.4 Å². The minimum absolute atomic E-state index is 0.0439. The Morgan fingerprint density at radius 2 is 1.60 bits per heavy atom. The predicted molar refractivity (Wildman–Crippen MR) is 173 cm³/mol. The van der Waals surface area contributed by atoms with Crippen molar-refractivity contribution in [2.75, 3.05) is 24.5 Å². The zero-order chi connectivity index (χ0) is 32.6. The van der Waals surface area contributed by atoms with Crippen molar-refractivity contribution in [1.29, 1.82) is 0 Å². The van der Waals surface area contributed by atoms with Crippen molar-refractivity contribution in [2.45, 2.75) is 37.8 Å². The maximum Gasteiger partial charge on any atom is 0.264 e. The molecule has 0 heterocycles. The molecule has 0 radical (unpaired) electrons. The first kappa shape index (κ1) is 33.5. The minimum Gasteiger partial charge on any atom is -0.495 e. The second-order valence-corrected chi connectivity index (χ2v) is 12.7. The molecule has 0 bridgehead atoms. The first-order valence-electron chi connectivity index (χ1n) is 14.3. The molecule has 0 aliphatic heterocycles. The average Bonchev–Trinajstić information content (AvgIpc) is 3.03. The summed E-state index contributed by atoms with van der Waals surface area (Å²) in [6, 6.07) is 24.5. The van der Waals surface area contributed by atoms with Gasteiger partial charge in [0.15, 0.2) is 0 Å². The summed E-state index contributed by atoms with van der Waals surface area (Å²) < 4.78 is 48.7. The summed E-state index contributed by atoms with van der Waals surface area (Å²) >= 11 is 6.32. The third-order valence-electron chi connectivity index (χ3n) is 7.19. The molecule has 2 amide bonds. The van der Waals surface area contributed by atoms with Crippen molar-refractivity contribution >= 4 is 39.1 Å². The van der Waals surface area contributed by atoms with E-state index >= 15 is 0 Å². The number of halogens is 2. The van der Waals surface area contributed by atoms with Crippen LogP contribution in [0, 0.1) is 12.7 Å². The lowest BCUT2D eigenvalue weighted by Gasteiger charge is -2.34. The van der Waals surface area contributed by atoms with E-state index in [1.807, 2.05) is 37.3 Å². The number of aryl methyl sites for hydroxylation is 1. The average molecular weight is 652 g/mol. The van der Waals surface area contributed by atoms with Crippen molar-refractivity contribution in [3.8, 4) is 5.75 Å². The summed E-state index contributed by atoms with van der Waals surface area (Å²) in [5, 5.41) is 3.04. The number of sulfonamides is 1. The number of likely N-dealkylation sites (N-methyl/N-ethyl adjacent to an activating group) is 1. The first-order valence-corrected chi connectivity index (χ1v) is 16.1. The van der Waals surface area contributed by atoms with Crippen molar-refractivity contribution < 1.29 is 27.1 Å². The standard InChI is InChI=1S/C34H35ClFN3O5S/c1-4-37-34(41)31(20-25-8-6-5-7-9-25)38(22-26-12-15-28(36)16-13-26)33(40)23-39(30-21-27(35)14-19-32(30)44-3)45(42,43)29-17-10-24(2)11-18-29/h5-19,21,31H,4,20,22-23H2,1-3H3,(H,37,41)/t31-/m1/s1. The Morgan fingerprint density at radius 1 is 0.933 bits per heavy atom. The predicted octanol–water partition coefficient (Wildman–Crippen LogP) is 5.77. The van der Waals surface area contributed by atoms with Crippen LogP contribution in [0.2, 0.25) is 5.02 Å². The van der Waals surface area contributed by atoms with Crippen molar-refractivity contribution in [2.24, 2.45) is 0 Å². The first-order chi connectivity index (χ1) is 21.5. The molecule has 4 aromatic rings. The smallest absolute Gasteiger partial charge is 0.264 e. The number of nitrogens with one attached hydrogen (secondary N) is 1. The van der Waals surface area contributed by atoms with E-state index in [2.05, 4.69) is 5.32 Å². The van der Waals surface area contributed by atoms with Crippen LogP contribution in [0.25, 0.3) is 0 Å². The van der Waals surface area contributed by atoms with Gasteiger partial charge in [-0.15, -0.1) is 0 Å². The molecule has 4 rings (SSSR count). The van der Waals surface area contributed by atoms with Gasteiger partial charge < -0.3 is 15.0 Å². The van der Waals surface area contributed by atoms with Gasteiger partial charge in [0.1, 0.15) is 24.2 Å². The van der Waals surface area contributed by atoms with Crippen molar-refractivity contribution in [1.82, 2.24) is 10.2 Å². The Morgan fingerprint density at radius 3 is 2.22 bits per heavy atom. The molecule has 1 atom stereocenters. The van der Waals surface area contributed by atoms with Crippen LogP contribution in [0.1, 0.15) is 23.6 Å². The van der Waals surface area contributed by atoms with Crippen LogP contribution < -0.4 is 14.4 Å². The highest BCUT2D eigenvalue weighted by Crippen LogP contribution is 2.35. The molecule has 0 aliphatic carbocycles. The van der Waals surface area contributed by atoms with E-state index in [0.29, 0.717) is 12.1 Å². The second-order valence-electron chi connectivity index (χ2n) is 10.4. The molecule has 0 aliphatic rings. The Hall–Kier alpha value is -4.41. The Balaban J connectivity index is 1.84. The quantitative estimate of drug-likeness (QED) is 0.198. The van der Waals surface area contributed by atoms with E-state index in [9.17, 15) is 22.4 Å². The molecular weight excluding hydrogens is 617 g/mol. The number of hydrogen-bond donors (Lipinski definition) is 1. The Labute approximate surface area is 268 Å². The molecule has 236 valence electrons. The van der Waals surface area contributed by atoms with Crippen LogP contribution in [-0.2, 0) is 32.6 Å². The summed E-state index contributed by atoms with van der Waals surface area (Å²) in [5.41, 5.74) is 2.26. The third kappa shape index (κ3) is 8.40. The summed E-state index contributed by atoms with van der Waals surface area (Å²) in [6.45, 7) is 3.15. The van der Waals surface area contributed by atoms with E-state index in [4.69, 9.17) is 16.3 Å². The summed E-state index contributed by atoms with van der Waals surface area (Å²) in [6.07, 6.45) is 0.158. The maximum atomic E-state index is 14.4. The molecule has 8 nitrogen and oxygen atoms in total. The zero-order valence-corrected chi connectivity index (χ0v) is 26.8. The fourth-order valence-electron chi connectivity index (χ4n) is 4.84. The van der Waals surface area contributed by atoms with Gasteiger partial charge in [0.05, 0.1) is 17.7 Å². The van der Waals surface area contributed by atoms with Crippen LogP contribution >= 0.6 is 11.6 Å². The fourth-order valence-corrected chi connectivity index (χ4v) is 6.42. The monoisotopic (exact) mass is 651 g/mol. The molecule has 0 unspecified atom stereocenters. The maximum absolute atomic E-state index is 14.4. The third-order valence-corrected chi connectivity index (χ3v) is 9.19. The van der Waals surface area contributed by atoms with Gasteiger partial charge in [-0.05, 0) is 67.4 Å². The number of hydrogen-bond acceptors (Lipinski definition) is 5. The molecule has 0 spiro atoms. The SMILES string of the molecule is CCNC(=O)[C@@H](Cc1ccccc1)N(Cc1ccc(F)cc1)C(=O)CN(c1cc(Cl)ccc1OC)S(=O)(=O)c1ccc(C)cc1. The number of benzene rings is 4. The van der Waals surface area contributed by atoms with Crippen LogP contribution in [0.15, 0.2) is 102 Å². The van der Waals surface area contributed by atoms with Crippen molar-refractivity contribution in [3.63, 3.8) is 0 Å². The van der Waals surface area contributed by atoms with Gasteiger partial charge in [0.25, 0.3) is 10.0 Å². The highest BCUT2D eigenvalue weighted by molar-refractivity contribution is 7.92. The number of ether oxygens (including phenoxy) is 1. The Kier molecular flexibility index (Phi) is 11.2. The number of anilines is 1. The van der Waals surface area contributed by atoms with E-state index in [1.54, 1.807) is 25.1 Å². The Bertz CT molecular complexity index is 1720. The molecule has 11 heteroatoms. The van der Waals surface area contributed by atoms with Crippen LogP contribution in [0.3, 0.4) is 0 Å². The normalized spacial score (nSPS) is 11.8. The molecule has 0 aromatic heterocycles. The topological polar surface area (TPSA) is 96.0 Å². The van der Waals surface area contributed by atoms with E-state index < -0.39 is 40.2 Å². The van der Waals surface area contributed by atoms with Gasteiger partial charge in [-0.25, -0.2) is 12.8 Å². The summed E-state index contributed by atoms with van der Waals surface area (Å²) in [7, 11) is -2.96. The highest BCUT2D eigenvalue weighted by Gasteiger charge is 2.35. The largest absolute Gasteiger partial charge is 0.495 e. The van der Waals surface area contributed by atoms with Crippen LogP contribution in [0.5, 0.6) is 5.75 Å². The lowest BCUT2D eigenvalue weighted by atomic mass is 10.0. The van der Waals surface area contributed by atoms with Crippen LogP contribution in [0.4, 0.5) is 10.1 Å². The van der Waals surface area contributed by atoms with Crippen molar-refractivity contribution in [3.05, 3.63) is 125 Å². The van der Waals surface area contributed by atoms with Gasteiger partial charge in [-0.3, -0.25) is 13.9 Å². The summed E-state index contributed by atoms with van der Waals surface area (Å²) in [4.78, 5) is 29.3. The fraction of sp³-hybridized carbons (Fsp3) is 0.235. The number of rotatable bonds is 13. The minimum atomic E-state index is -4.35. The molecule has 45 heavy (non-hydrogen) atoms. The molecule has 4 aromatic carbocycles. The van der Waals surface area contributed by atoms with Crippen LogP contribution in [-0.4, -0.2) is 51.4 Å². The van der Waals surface area contributed by atoms with Gasteiger partial charge in [-0.2, -0.15) is 0 Å². The second kappa shape index (κ2) is 15.0. The number of methoxy groups -OCH3 is 1. The lowest BCUT2D eigenvalue weighted by molar-refractivity contribution is -0.140. The molecule has 0 fully saturated rings. The zero-order valence-electron chi connectivity index (χ0n) is 25.2. The molecule has 0 saturated heterocycles. The number of amides is 2. The number of carbonyl (C=O) groups excluding carboxylic acids is 2. The molecular formula is C34H35ClFN3O5S. The number of nitrogens with zero attached hydrogens (tertiary/aromatic N) is 2. The molecule has 1 N–H and O–H groups in total. The van der Waals surface area contributed by atoms with Gasteiger partial charge in [-0.1, -0.05) is 71.8 Å². The summed E-state index contributed by atoms with van der Waals surface area (Å²) in [5.74, 6) is -1.35.